The molecule has 3 nitrogen and oxygen atoms in total. The van der Waals surface area contributed by atoms with Crippen molar-refractivity contribution in [1.29, 1.82) is 0 Å². The van der Waals surface area contributed by atoms with E-state index in [2.05, 4.69) is 41.6 Å². The number of nitrogens with zero attached hydrogens (tertiary/aromatic N) is 2. The van der Waals surface area contributed by atoms with Crippen LogP contribution in [0.2, 0.25) is 0 Å². The molecule has 0 unspecified atom stereocenters. The third-order valence-corrected chi connectivity index (χ3v) is 2.86. The summed E-state index contributed by atoms with van der Waals surface area (Å²) in [6.45, 7) is 5.37. The molecule has 0 fully saturated rings. The van der Waals surface area contributed by atoms with Gasteiger partial charge >= 0.3 is 0 Å². The van der Waals surface area contributed by atoms with Crippen molar-refractivity contribution in [2.75, 3.05) is 6.61 Å². The molecule has 3 heteroatoms. The summed E-state index contributed by atoms with van der Waals surface area (Å²) in [6.07, 6.45) is 1.63. The number of aromatic nitrogens is 2. The number of fused-ring (bicyclic) bond motifs is 1. The van der Waals surface area contributed by atoms with Gasteiger partial charge in [-0.3, -0.25) is 0 Å². The highest BCUT2D eigenvalue weighted by Gasteiger charge is 2.08. The van der Waals surface area contributed by atoms with E-state index in [-0.39, 0.29) is 6.61 Å². The second-order valence-corrected chi connectivity index (χ2v) is 4.09. The molecule has 0 aliphatic rings. The number of aliphatic hydroxyl groups excluding tert-OH is 1. The van der Waals surface area contributed by atoms with Crippen LogP contribution in [-0.4, -0.2) is 21.3 Å². The minimum Gasteiger partial charge on any atom is -0.396 e. The van der Waals surface area contributed by atoms with E-state index in [4.69, 9.17) is 5.11 Å². The van der Waals surface area contributed by atoms with Crippen LogP contribution in [0.15, 0.2) is 18.2 Å². The van der Waals surface area contributed by atoms with Gasteiger partial charge in [0.15, 0.2) is 0 Å². The van der Waals surface area contributed by atoms with Crippen LogP contribution in [0.3, 0.4) is 0 Å². The van der Waals surface area contributed by atoms with E-state index < -0.39 is 0 Å². The lowest BCUT2D eigenvalue weighted by molar-refractivity contribution is 0.287. The average molecular weight is 218 g/mol. The van der Waals surface area contributed by atoms with Gasteiger partial charge < -0.3 is 9.67 Å². The molecule has 2 rings (SSSR count). The van der Waals surface area contributed by atoms with Crippen LogP contribution < -0.4 is 0 Å². The Bertz CT molecular complexity index is 488. The van der Waals surface area contributed by atoms with Crippen LogP contribution in [0.4, 0.5) is 0 Å². The topological polar surface area (TPSA) is 38.0 Å². The molecule has 0 spiro atoms. The predicted octanol–water partition coefficient (Wildman–Crippen LogP) is 2.29. The van der Waals surface area contributed by atoms with E-state index in [0.29, 0.717) is 0 Å². The molecular weight excluding hydrogens is 200 g/mol. The Morgan fingerprint density at radius 2 is 2.19 bits per heavy atom. The standard InChI is InChI=1S/C13H18N2O/c1-3-15-12-7-6-10(2)9-11(12)14-13(15)5-4-8-16/h6-7,9,16H,3-5,8H2,1-2H3. The van der Waals surface area contributed by atoms with Crippen molar-refractivity contribution < 1.29 is 5.11 Å². The number of benzene rings is 1. The predicted molar refractivity (Wildman–Crippen MR) is 65.6 cm³/mol. The normalized spacial score (nSPS) is 11.2. The lowest BCUT2D eigenvalue weighted by Gasteiger charge is -2.04. The molecule has 1 heterocycles. The number of hydrogen-bond acceptors (Lipinski definition) is 2. The summed E-state index contributed by atoms with van der Waals surface area (Å²) in [7, 11) is 0. The van der Waals surface area contributed by atoms with Crippen LogP contribution in [0.25, 0.3) is 11.0 Å². The second-order valence-electron chi connectivity index (χ2n) is 4.09. The molecule has 0 saturated heterocycles. The molecule has 2 aromatic rings. The summed E-state index contributed by atoms with van der Waals surface area (Å²) in [6, 6.07) is 6.36. The van der Waals surface area contributed by atoms with Crippen LogP contribution in [0.1, 0.15) is 24.7 Å². The Kier molecular flexibility index (Phi) is 3.25. The monoisotopic (exact) mass is 218 g/mol. The van der Waals surface area contributed by atoms with Crippen LogP contribution >= 0.6 is 0 Å². The minimum absolute atomic E-state index is 0.228. The van der Waals surface area contributed by atoms with Crippen LogP contribution in [-0.2, 0) is 13.0 Å². The van der Waals surface area contributed by atoms with Gasteiger partial charge in [0.2, 0.25) is 0 Å². The first-order valence-electron chi connectivity index (χ1n) is 5.83. The molecule has 1 aromatic carbocycles. The first kappa shape index (κ1) is 11.1. The summed E-state index contributed by atoms with van der Waals surface area (Å²) in [5.74, 6) is 1.08. The largest absolute Gasteiger partial charge is 0.396 e. The first-order chi connectivity index (χ1) is 7.76. The summed E-state index contributed by atoms with van der Waals surface area (Å²) in [5.41, 5.74) is 3.50. The van der Waals surface area contributed by atoms with Gasteiger partial charge in [-0.2, -0.15) is 0 Å². The van der Waals surface area contributed by atoms with E-state index in [9.17, 15) is 0 Å². The Balaban J connectivity index is 2.48. The maximum absolute atomic E-state index is 8.87. The summed E-state index contributed by atoms with van der Waals surface area (Å²) in [5, 5.41) is 8.87. The third-order valence-electron chi connectivity index (χ3n) is 2.86. The molecule has 16 heavy (non-hydrogen) atoms. The average Bonchev–Trinajstić information content (AvgIpc) is 2.62. The maximum Gasteiger partial charge on any atom is 0.109 e. The van der Waals surface area contributed by atoms with Crippen molar-refractivity contribution in [2.45, 2.75) is 33.2 Å². The third kappa shape index (κ3) is 1.95. The highest BCUT2D eigenvalue weighted by atomic mass is 16.2. The SMILES string of the molecule is CCn1c(CCCO)nc2cc(C)ccc21. The summed E-state index contributed by atoms with van der Waals surface area (Å²) >= 11 is 0. The van der Waals surface area contributed by atoms with E-state index in [1.54, 1.807) is 0 Å². The summed E-state index contributed by atoms with van der Waals surface area (Å²) in [4.78, 5) is 4.63. The molecule has 0 aliphatic carbocycles. The first-order valence-corrected chi connectivity index (χ1v) is 5.83. The number of aliphatic hydroxyl groups is 1. The smallest absolute Gasteiger partial charge is 0.109 e. The Labute approximate surface area is 95.7 Å². The van der Waals surface area contributed by atoms with Crippen molar-refractivity contribution >= 4 is 11.0 Å². The fraction of sp³-hybridized carbons (Fsp3) is 0.462. The van der Waals surface area contributed by atoms with Gasteiger partial charge in [0.1, 0.15) is 5.82 Å². The molecule has 0 bridgehead atoms. The van der Waals surface area contributed by atoms with Crippen molar-refractivity contribution in [3.8, 4) is 0 Å². The molecule has 0 atom stereocenters. The molecule has 0 amide bonds. The van der Waals surface area contributed by atoms with E-state index in [0.717, 1.165) is 30.7 Å². The van der Waals surface area contributed by atoms with Gasteiger partial charge in [0.05, 0.1) is 11.0 Å². The fourth-order valence-electron chi connectivity index (χ4n) is 2.07. The highest BCUT2D eigenvalue weighted by molar-refractivity contribution is 5.76. The van der Waals surface area contributed by atoms with Crippen molar-refractivity contribution in [3.05, 3.63) is 29.6 Å². The highest BCUT2D eigenvalue weighted by Crippen LogP contribution is 2.18. The molecule has 0 aliphatic heterocycles. The molecule has 1 aromatic heterocycles. The maximum atomic E-state index is 8.87. The van der Waals surface area contributed by atoms with Gasteiger partial charge in [0.25, 0.3) is 0 Å². The van der Waals surface area contributed by atoms with E-state index in [1.165, 1.54) is 11.1 Å². The number of imidazole rings is 1. The lowest BCUT2D eigenvalue weighted by Crippen LogP contribution is -2.02. The molecule has 1 N–H and O–H groups in total. The van der Waals surface area contributed by atoms with Gasteiger partial charge in [-0.15, -0.1) is 0 Å². The Hall–Kier alpha value is -1.35. The number of aryl methyl sites for hydroxylation is 3. The van der Waals surface area contributed by atoms with Crippen molar-refractivity contribution in [2.24, 2.45) is 0 Å². The van der Waals surface area contributed by atoms with Gasteiger partial charge in [-0.25, -0.2) is 4.98 Å². The lowest BCUT2D eigenvalue weighted by atomic mass is 10.2. The second kappa shape index (κ2) is 4.66. The molecule has 0 saturated carbocycles. The molecule has 86 valence electrons. The zero-order valence-corrected chi connectivity index (χ0v) is 9.90. The van der Waals surface area contributed by atoms with Gasteiger partial charge in [-0.05, 0) is 38.0 Å². The van der Waals surface area contributed by atoms with E-state index in [1.807, 2.05) is 0 Å². The zero-order valence-electron chi connectivity index (χ0n) is 9.90. The number of hydrogen-bond donors (Lipinski definition) is 1. The van der Waals surface area contributed by atoms with Crippen molar-refractivity contribution in [1.82, 2.24) is 9.55 Å². The zero-order chi connectivity index (χ0) is 11.5. The van der Waals surface area contributed by atoms with Gasteiger partial charge in [-0.1, -0.05) is 6.07 Å². The Morgan fingerprint density at radius 3 is 2.88 bits per heavy atom. The van der Waals surface area contributed by atoms with E-state index >= 15 is 0 Å². The Morgan fingerprint density at radius 1 is 1.38 bits per heavy atom. The van der Waals surface area contributed by atoms with Gasteiger partial charge in [0, 0.05) is 19.6 Å². The van der Waals surface area contributed by atoms with Crippen molar-refractivity contribution in [3.63, 3.8) is 0 Å². The minimum atomic E-state index is 0.228. The molecule has 0 radical (unpaired) electrons. The quantitative estimate of drug-likeness (QED) is 0.855. The summed E-state index contributed by atoms with van der Waals surface area (Å²) < 4.78 is 2.23. The number of rotatable bonds is 4. The van der Waals surface area contributed by atoms with Crippen LogP contribution in [0, 0.1) is 6.92 Å². The van der Waals surface area contributed by atoms with Crippen LogP contribution in [0.5, 0.6) is 0 Å². The molecular formula is C13H18N2O. The fourth-order valence-corrected chi connectivity index (χ4v) is 2.07.